The number of aromatic nitrogens is 1. The van der Waals surface area contributed by atoms with Gasteiger partial charge in [0.25, 0.3) is 0 Å². The average Bonchev–Trinajstić information content (AvgIpc) is 3.40. The van der Waals surface area contributed by atoms with Gasteiger partial charge in [-0.1, -0.05) is 18.2 Å². The molecule has 0 amide bonds. The van der Waals surface area contributed by atoms with E-state index >= 15 is 0 Å². The fraction of sp³-hybridized carbons (Fsp3) is 0.227. The zero-order valence-corrected chi connectivity index (χ0v) is 18.1. The molecule has 3 heterocycles. The Bertz CT molecular complexity index is 1250. The van der Waals surface area contributed by atoms with E-state index in [1.807, 2.05) is 48.5 Å². The van der Waals surface area contributed by atoms with Crippen LogP contribution >= 0.6 is 18.9 Å². The highest BCUT2D eigenvalue weighted by molar-refractivity contribution is 7.55. The van der Waals surface area contributed by atoms with Gasteiger partial charge in [-0.25, -0.2) is 0 Å². The molecule has 2 aromatic heterocycles. The lowest BCUT2D eigenvalue weighted by Crippen LogP contribution is -2.13. The van der Waals surface area contributed by atoms with Gasteiger partial charge in [0, 0.05) is 21.5 Å². The minimum Gasteiger partial charge on any atom is -0.497 e. The number of hydrogen-bond donors (Lipinski definition) is 1. The third-order valence-corrected chi connectivity index (χ3v) is 8.87. The first-order valence-electron chi connectivity index (χ1n) is 9.69. The van der Waals surface area contributed by atoms with E-state index < -0.39 is 13.3 Å². The number of nitrogens with zero attached hydrogens (tertiary/aromatic N) is 1. The molecule has 0 aliphatic carbocycles. The van der Waals surface area contributed by atoms with Gasteiger partial charge in [0.05, 0.1) is 37.7 Å². The highest BCUT2D eigenvalue weighted by atomic mass is 32.1. The molecule has 1 aliphatic heterocycles. The van der Waals surface area contributed by atoms with Crippen LogP contribution in [-0.2, 0) is 13.6 Å². The van der Waals surface area contributed by atoms with Gasteiger partial charge in [-0.2, -0.15) is 0 Å². The van der Waals surface area contributed by atoms with E-state index in [2.05, 4.69) is 16.4 Å². The number of ether oxygens (including phenoxy) is 1. The van der Waals surface area contributed by atoms with E-state index in [4.69, 9.17) is 13.8 Å². The second kappa shape index (κ2) is 8.00. The number of nitrogens with one attached hydrogen (secondary N) is 1. The molecular formula is C22H21N2O4PS. The number of para-hydroxylation sites is 1. The van der Waals surface area contributed by atoms with Crippen LogP contribution in [0.15, 0.2) is 60.8 Å². The predicted molar refractivity (Wildman–Crippen MR) is 121 cm³/mol. The number of benzene rings is 2. The summed E-state index contributed by atoms with van der Waals surface area (Å²) < 4.78 is 31.1. The maximum atomic E-state index is 13.4. The van der Waals surface area contributed by atoms with Gasteiger partial charge in [0.2, 0.25) is 0 Å². The lowest BCUT2D eigenvalue weighted by atomic mass is 10.2. The fourth-order valence-corrected chi connectivity index (χ4v) is 7.04. The topological polar surface area (TPSA) is 69.7 Å². The molecule has 0 bridgehead atoms. The minimum atomic E-state index is -3.26. The van der Waals surface area contributed by atoms with E-state index in [1.165, 1.54) is 0 Å². The van der Waals surface area contributed by atoms with E-state index in [0.29, 0.717) is 19.8 Å². The molecule has 1 atom stereocenters. The van der Waals surface area contributed by atoms with Crippen LogP contribution in [0.25, 0.3) is 21.0 Å². The molecule has 4 aromatic rings. The number of pyridine rings is 1. The van der Waals surface area contributed by atoms with E-state index in [9.17, 15) is 4.57 Å². The Balaban J connectivity index is 1.46. The van der Waals surface area contributed by atoms with Crippen LogP contribution in [-0.4, -0.2) is 31.9 Å². The fourth-order valence-electron chi connectivity index (χ4n) is 3.62. The molecule has 30 heavy (non-hydrogen) atoms. The molecule has 1 N–H and O–H groups in total. The number of anilines is 1. The molecule has 0 radical (unpaired) electrons. The van der Waals surface area contributed by atoms with Crippen LogP contribution in [0.1, 0.15) is 10.5 Å². The number of thiophene rings is 1. The Kier molecular flexibility index (Phi) is 5.21. The molecule has 1 saturated heterocycles. The van der Waals surface area contributed by atoms with Crippen molar-refractivity contribution < 1.29 is 18.3 Å². The van der Waals surface area contributed by atoms with Gasteiger partial charge in [-0.05, 0) is 41.8 Å². The second-order valence-corrected chi connectivity index (χ2v) is 10.4. The van der Waals surface area contributed by atoms with Crippen LogP contribution in [0, 0.1) is 0 Å². The van der Waals surface area contributed by atoms with Gasteiger partial charge in [-0.3, -0.25) is 9.55 Å². The molecule has 5 rings (SSSR count). The number of methoxy groups -OCH3 is 1. The summed E-state index contributed by atoms with van der Waals surface area (Å²) in [6.45, 7) is 1.12. The molecule has 8 heteroatoms. The molecule has 6 nitrogen and oxygen atoms in total. The summed E-state index contributed by atoms with van der Waals surface area (Å²) in [5, 5.41) is 5.52. The lowest BCUT2D eigenvalue weighted by Gasteiger charge is -2.21. The lowest BCUT2D eigenvalue weighted by molar-refractivity contribution is 0.341. The van der Waals surface area contributed by atoms with Crippen LogP contribution in [0.4, 0.5) is 5.69 Å². The summed E-state index contributed by atoms with van der Waals surface area (Å²) in [5.74, 6) is 0.799. The monoisotopic (exact) mass is 440 g/mol. The van der Waals surface area contributed by atoms with Crippen LogP contribution in [0.3, 0.4) is 0 Å². The molecule has 2 aromatic carbocycles. The quantitative estimate of drug-likeness (QED) is 0.379. The van der Waals surface area contributed by atoms with E-state index in [1.54, 1.807) is 24.6 Å². The van der Waals surface area contributed by atoms with Gasteiger partial charge < -0.3 is 19.1 Å². The van der Waals surface area contributed by atoms with E-state index in [0.717, 1.165) is 37.3 Å². The Hall–Kier alpha value is -2.44. The van der Waals surface area contributed by atoms with Gasteiger partial charge in [0.15, 0.2) is 0 Å². The van der Waals surface area contributed by atoms with Crippen LogP contribution in [0.5, 0.6) is 5.75 Å². The van der Waals surface area contributed by atoms with E-state index in [-0.39, 0.29) is 0 Å². The standard InChI is InChI=1S/C22H21N2O4PS/c1-26-18-7-6-16-11-22(30-21(16)12-18)20(29(25)27-8-9-28-29)14-23-17-10-15-4-2-3-5-19(15)24-13-17/h2-7,10-13,20,23H,8-9,14H2,1H3. The first-order valence-corrected chi connectivity index (χ1v) is 12.1. The third-order valence-electron chi connectivity index (χ3n) is 5.17. The third kappa shape index (κ3) is 3.70. The summed E-state index contributed by atoms with van der Waals surface area (Å²) in [4.78, 5) is 5.46. The average molecular weight is 440 g/mol. The molecule has 1 fully saturated rings. The summed E-state index contributed by atoms with van der Waals surface area (Å²) in [6.07, 6.45) is 1.79. The zero-order valence-electron chi connectivity index (χ0n) is 16.4. The van der Waals surface area contributed by atoms with Gasteiger partial charge in [-0.15, -0.1) is 11.3 Å². The Morgan fingerprint density at radius 1 is 1.13 bits per heavy atom. The Morgan fingerprint density at radius 3 is 2.80 bits per heavy atom. The summed E-state index contributed by atoms with van der Waals surface area (Å²) >= 11 is 1.59. The molecule has 1 unspecified atom stereocenters. The maximum Gasteiger partial charge on any atom is 0.340 e. The number of rotatable bonds is 6. The van der Waals surface area contributed by atoms with Crippen molar-refractivity contribution >= 4 is 45.6 Å². The van der Waals surface area contributed by atoms with Crippen molar-refractivity contribution in [3.05, 3.63) is 65.7 Å². The van der Waals surface area contributed by atoms with Crippen molar-refractivity contribution in [1.82, 2.24) is 4.98 Å². The van der Waals surface area contributed by atoms with Crippen molar-refractivity contribution in [3.8, 4) is 5.75 Å². The van der Waals surface area contributed by atoms with Crippen molar-refractivity contribution in [1.29, 1.82) is 0 Å². The van der Waals surface area contributed by atoms with Crippen molar-refractivity contribution in [2.24, 2.45) is 0 Å². The molecule has 0 spiro atoms. The second-order valence-electron chi connectivity index (χ2n) is 7.07. The first-order chi connectivity index (χ1) is 14.6. The Morgan fingerprint density at radius 2 is 1.97 bits per heavy atom. The zero-order chi connectivity index (χ0) is 20.6. The predicted octanol–water partition coefficient (Wildman–Crippen LogP) is 5.85. The number of fused-ring (bicyclic) bond motifs is 2. The molecule has 154 valence electrons. The largest absolute Gasteiger partial charge is 0.497 e. The van der Waals surface area contributed by atoms with Crippen LogP contribution < -0.4 is 10.1 Å². The highest BCUT2D eigenvalue weighted by Gasteiger charge is 2.41. The Labute approximate surface area is 178 Å². The van der Waals surface area contributed by atoms with Crippen molar-refractivity contribution in [3.63, 3.8) is 0 Å². The molecule has 1 aliphatic rings. The number of hydrogen-bond acceptors (Lipinski definition) is 7. The summed E-state index contributed by atoms with van der Waals surface area (Å²) in [7, 11) is -1.61. The van der Waals surface area contributed by atoms with Crippen LogP contribution in [0.2, 0.25) is 0 Å². The summed E-state index contributed by atoms with van der Waals surface area (Å²) in [6, 6.07) is 18.0. The highest BCUT2D eigenvalue weighted by Crippen LogP contribution is 2.64. The van der Waals surface area contributed by atoms with Gasteiger partial charge in [0.1, 0.15) is 11.4 Å². The smallest absolute Gasteiger partial charge is 0.340 e. The maximum absolute atomic E-state index is 13.4. The normalized spacial score (nSPS) is 16.7. The van der Waals surface area contributed by atoms with Gasteiger partial charge >= 0.3 is 7.60 Å². The molecular weight excluding hydrogens is 419 g/mol. The SMILES string of the molecule is COc1ccc2cc(C(CNc3cnc4ccccc4c3)P3(=O)OCCO3)sc2c1. The minimum absolute atomic E-state index is 0.351. The van der Waals surface area contributed by atoms with Crippen molar-refractivity contribution in [2.75, 3.05) is 32.2 Å². The van der Waals surface area contributed by atoms with Crippen molar-refractivity contribution in [2.45, 2.75) is 5.66 Å². The molecule has 0 saturated carbocycles. The summed E-state index contributed by atoms with van der Waals surface area (Å²) in [5.41, 5.74) is 1.40. The first kappa shape index (κ1) is 19.5.